The smallest absolute Gasteiger partial charge is 0.356 e. The summed E-state index contributed by atoms with van der Waals surface area (Å²) in [6.45, 7) is 2.16. The van der Waals surface area contributed by atoms with Gasteiger partial charge in [-0.3, -0.25) is 0 Å². The van der Waals surface area contributed by atoms with Gasteiger partial charge in [0.15, 0.2) is 5.69 Å². The number of hydrogen-bond donors (Lipinski definition) is 2. The molecule has 2 atom stereocenters. The third-order valence-corrected chi connectivity index (χ3v) is 2.66. The Morgan fingerprint density at radius 2 is 2.40 bits per heavy atom. The van der Waals surface area contributed by atoms with E-state index in [0.717, 1.165) is 12.3 Å². The molecule has 0 bridgehead atoms. The zero-order valence-corrected chi connectivity index (χ0v) is 8.47. The number of carboxylic acid groups (broad SMARTS) is 1. The standard InChI is InChI=1S/C10H13N3O2/c1-2-6-5-8(6)11-9-4-3-7(10(14)15)12-13-9/h3-4,6,8H,2,5H2,1H3,(H,11,13)(H,14,15). The van der Waals surface area contributed by atoms with E-state index in [9.17, 15) is 4.79 Å². The molecule has 0 radical (unpaired) electrons. The number of carboxylic acids is 1. The van der Waals surface area contributed by atoms with E-state index in [1.54, 1.807) is 6.07 Å². The molecule has 0 aliphatic heterocycles. The van der Waals surface area contributed by atoms with Crippen LogP contribution in [0.5, 0.6) is 0 Å². The first-order chi connectivity index (χ1) is 7.20. The summed E-state index contributed by atoms with van der Waals surface area (Å²) in [5, 5.41) is 19.2. The Hall–Kier alpha value is -1.65. The molecule has 1 aliphatic rings. The third kappa shape index (κ3) is 2.23. The van der Waals surface area contributed by atoms with Gasteiger partial charge in [-0.05, 0) is 24.5 Å². The first kappa shape index (κ1) is 9.89. The lowest BCUT2D eigenvalue weighted by atomic mass is 10.3. The predicted molar refractivity (Wildman–Crippen MR) is 54.8 cm³/mol. The molecule has 5 nitrogen and oxygen atoms in total. The highest BCUT2D eigenvalue weighted by Gasteiger charge is 2.35. The van der Waals surface area contributed by atoms with Crippen LogP contribution in [0, 0.1) is 5.92 Å². The minimum absolute atomic E-state index is 0.0246. The maximum atomic E-state index is 10.5. The van der Waals surface area contributed by atoms with E-state index in [4.69, 9.17) is 5.11 Å². The van der Waals surface area contributed by atoms with E-state index in [1.165, 1.54) is 12.5 Å². The number of nitrogens with zero attached hydrogens (tertiary/aromatic N) is 2. The van der Waals surface area contributed by atoms with Crippen LogP contribution in [-0.2, 0) is 0 Å². The van der Waals surface area contributed by atoms with Gasteiger partial charge in [0.05, 0.1) is 0 Å². The molecule has 1 saturated carbocycles. The Kier molecular flexibility index (Phi) is 2.53. The van der Waals surface area contributed by atoms with E-state index in [0.29, 0.717) is 11.9 Å². The summed E-state index contributed by atoms with van der Waals surface area (Å²) in [5.74, 6) is 0.332. The summed E-state index contributed by atoms with van der Waals surface area (Å²) in [5.41, 5.74) is -0.0246. The lowest BCUT2D eigenvalue weighted by Gasteiger charge is -2.02. The van der Waals surface area contributed by atoms with Crippen molar-refractivity contribution in [2.45, 2.75) is 25.8 Å². The number of rotatable bonds is 4. The minimum Gasteiger partial charge on any atom is -0.476 e. The molecule has 1 aromatic heterocycles. The molecule has 2 unspecified atom stereocenters. The van der Waals surface area contributed by atoms with Crippen molar-refractivity contribution in [3.8, 4) is 0 Å². The maximum Gasteiger partial charge on any atom is 0.356 e. The molecule has 2 rings (SSSR count). The van der Waals surface area contributed by atoms with Gasteiger partial charge in [0.2, 0.25) is 0 Å². The average molecular weight is 207 g/mol. The molecule has 1 fully saturated rings. The second-order valence-corrected chi connectivity index (χ2v) is 3.76. The van der Waals surface area contributed by atoms with E-state index in [1.807, 2.05) is 0 Å². The fourth-order valence-electron chi connectivity index (χ4n) is 1.59. The minimum atomic E-state index is -1.05. The Bertz CT molecular complexity index is 363. The van der Waals surface area contributed by atoms with Crippen molar-refractivity contribution >= 4 is 11.8 Å². The molecule has 5 heteroatoms. The molecule has 2 N–H and O–H groups in total. The molecule has 15 heavy (non-hydrogen) atoms. The molecule has 0 amide bonds. The van der Waals surface area contributed by atoms with Crippen LogP contribution in [-0.4, -0.2) is 27.3 Å². The van der Waals surface area contributed by atoms with Crippen LogP contribution < -0.4 is 5.32 Å². The van der Waals surface area contributed by atoms with Gasteiger partial charge in [0, 0.05) is 6.04 Å². The predicted octanol–water partition coefficient (Wildman–Crippen LogP) is 1.39. The molecule has 1 aromatic rings. The molecule has 1 heterocycles. The Balaban J connectivity index is 1.96. The van der Waals surface area contributed by atoms with Gasteiger partial charge < -0.3 is 10.4 Å². The van der Waals surface area contributed by atoms with Crippen molar-refractivity contribution in [2.24, 2.45) is 5.92 Å². The first-order valence-electron chi connectivity index (χ1n) is 5.04. The molecule has 0 spiro atoms. The molecule has 0 saturated heterocycles. The fourth-order valence-corrected chi connectivity index (χ4v) is 1.59. The Morgan fingerprint density at radius 1 is 1.60 bits per heavy atom. The molecular formula is C10H13N3O2. The lowest BCUT2D eigenvalue weighted by molar-refractivity contribution is 0.0689. The second-order valence-electron chi connectivity index (χ2n) is 3.76. The quantitative estimate of drug-likeness (QED) is 0.780. The van der Waals surface area contributed by atoms with Gasteiger partial charge in [0.25, 0.3) is 0 Å². The highest BCUT2D eigenvalue weighted by atomic mass is 16.4. The van der Waals surface area contributed by atoms with E-state index >= 15 is 0 Å². The highest BCUT2D eigenvalue weighted by Crippen LogP contribution is 2.35. The largest absolute Gasteiger partial charge is 0.476 e. The molecular weight excluding hydrogens is 194 g/mol. The Labute approximate surface area is 87.5 Å². The van der Waals surface area contributed by atoms with Crippen LogP contribution in [0.2, 0.25) is 0 Å². The van der Waals surface area contributed by atoms with Crippen LogP contribution in [0.15, 0.2) is 12.1 Å². The third-order valence-electron chi connectivity index (χ3n) is 2.66. The van der Waals surface area contributed by atoms with Crippen molar-refractivity contribution in [3.63, 3.8) is 0 Å². The number of hydrogen-bond acceptors (Lipinski definition) is 4. The molecule has 0 aromatic carbocycles. The summed E-state index contributed by atoms with van der Waals surface area (Å²) in [4.78, 5) is 10.5. The van der Waals surface area contributed by atoms with Gasteiger partial charge in [-0.25, -0.2) is 4.79 Å². The first-order valence-corrected chi connectivity index (χ1v) is 5.04. The summed E-state index contributed by atoms with van der Waals surface area (Å²) in [7, 11) is 0. The van der Waals surface area contributed by atoms with Gasteiger partial charge in [0.1, 0.15) is 5.82 Å². The summed E-state index contributed by atoms with van der Waals surface area (Å²) in [6.07, 6.45) is 2.33. The summed E-state index contributed by atoms with van der Waals surface area (Å²) >= 11 is 0. The SMILES string of the molecule is CCC1CC1Nc1ccc(C(=O)O)nn1. The van der Waals surface area contributed by atoms with Crippen molar-refractivity contribution in [1.29, 1.82) is 0 Å². The monoisotopic (exact) mass is 207 g/mol. The van der Waals surface area contributed by atoms with Crippen LogP contribution >= 0.6 is 0 Å². The van der Waals surface area contributed by atoms with Crippen molar-refractivity contribution in [1.82, 2.24) is 10.2 Å². The summed E-state index contributed by atoms with van der Waals surface area (Å²) in [6, 6.07) is 3.60. The number of aromatic carboxylic acids is 1. The van der Waals surface area contributed by atoms with Gasteiger partial charge in [-0.2, -0.15) is 0 Å². The number of carbonyl (C=O) groups is 1. The zero-order valence-electron chi connectivity index (χ0n) is 8.47. The maximum absolute atomic E-state index is 10.5. The highest BCUT2D eigenvalue weighted by molar-refractivity contribution is 5.85. The van der Waals surface area contributed by atoms with Crippen LogP contribution in [0.1, 0.15) is 30.3 Å². The molecule has 1 aliphatic carbocycles. The van der Waals surface area contributed by atoms with Crippen LogP contribution in [0.3, 0.4) is 0 Å². The number of anilines is 1. The fraction of sp³-hybridized carbons (Fsp3) is 0.500. The van der Waals surface area contributed by atoms with Crippen LogP contribution in [0.25, 0.3) is 0 Å². The topological polar surface area (TPSA) is 75.1 Å². The van der Waals surface area contributed by atoms with E-state index in [2.05, 4.69) is 22.4 Å². The van der Waals surface area contributed by atoms with E-state index in [-0.39, 0.29) is 5.69 Å². The normalized spacial score (nSPS) is 23.5. The second kappa shape index (κ2) is 3.84. The van der Waals surface area contributed by atoms with Crippen molar-refractivity contribution in [2.75, 3.05) is 5.32 Å². The van der Waals surface area contributed by atoms with Crippen LogP contribution in [0.4, 0.5) is 5.82 Å². The average Bonchev–Trinajstić information content (AvgIpc) is 2.97. The molecule has 80 valence electrons. The Morgan fingerprint density at radius 3 is 2.87 bits per heavy atom. The van der Waals surface area contributed by atoms with Crippen molar-refractivity contribution < 1.29 is 9.90 Å². The lowest BCUT2D eigenvalue weighted by Crippen LogP contribution is -2.08. The van der Waals surface area contributed by atoms with Gasteiger partial charge in [-0.15, -0.1) is 10.2 Å². The number of aromatic nitrogens is 2. The van der Waals surface area contributed by atoms with E-state index < -0.39 is 5.97 Å². The van der Waals surface area contributed by atoms with Crippen molar-refractivity contribution in [3.05, 3.63) is 17.8 Å². The zero-order chi connectivity index (χ0) is 10.8. The summed E-state index contributed by atoms with van der Waals surface area (Å²) < 4.78 is 0. The van der Waals surface area contributed by atoms with Gasteiger partial charge in [-0.1, -0.05) is 13.3 Å². The van der Waals surface area contributed by atoms with Gasteiger partial charge >= 0.3 is 5.97 Å². The number of nitrogens with one attached hydrogen (secondary N) is 1.